The van der Waals surface area contributed by atoms with Crippen LogP contribution in [0.25, 0.3) is 0 Å². The third kappa shape index (κ3) is 3.21. The standard InChI is InChI=1S/C12H24N2O2S2/c1-2-18(15,16)11-10-17-9-8-14(11)7-6-12(13)4-3-5-12/h11H,2-10,13H2,1H3. The van der Waals surface area contributed by atoms with Gasteiger partial charge in [-0.05, 0) is 25.7 Å². The Morgan fingerprint density at radius 1 is 1.44 bits per heavy atom. The van der Waals surface area contributed by atoms with Crippen molar-refractivity contribution < 1.29 is 8.42 Å². The molecule has 2 N–H and O–H groups in total. The first-order valence-electron chi connectivity index (χ1n) is 6.79. The summed E-state index contributed by atoms with van der Waals surface area (Å²) in [5.41, 5.74) is 6.22. The summed E-state index contributed by atoms with van der Waals surface area (Å²) in [7, 11) is -2.96. The lowest BCUT2D eigenvalue weighted by Crippen LogP contribution is -2.53. The molecule has 18 heavy (non-hydrogen) atoms. The first kappa shape index (κ1) is 14.6. The number of hydrogen-bond donors (Lipinski definition) is 1. The Labute approximate surface area is 115 Å². The van der Waals surface area contributed by atoms with E-state index in [2.05, 4.69) is 4.90 Å². The van der Waals surface area contributed by atoms with Crippen molar-refractivity contribution in [1.82, 2.24) is 4.90 Å². The van der Waals surface area contributed by atoms with E-state index < -0.39 is 9.84 Å². The van der Waals surface area contributed by atoms with Gasteiger partial charge in [0, 0.05) is 35.9 Å². The zero-order valence-corrected chi connectivity index (χ0v) is 12.7. The number of sulfone groups is 1. The fourth-order valence-corrected chi connectivity index (χ4v) is 5.75. The second kappa shape index (κ2) is 5.69. The van der Waals surface area contributed by atoms with Crippen LogP contribution in [0.1, 0.15) is 32.6 Å². The van der Waals surface area contributed by atoms with Crippen LogP contribution in [0, 0.1) is 0 Å². The first-order chi connectivity index (χ1) is 8.47. The monoisotopic (exact) mass is 292 g/mol. The van der Waals surface area contributed by atoms with Gasteiger partial charge < -0.3 is 5.73 Å². The third-order valence-corrected chi connectivity index (χ3v) is 7.59. The van der Waals surface area contributed by atoms with E-state index in [0.29, 0.717) is 5.75 Å². The smallest absolute Gasteiger partial charge is 0.166 e. The van der Waals surface area contributed by atoms with E-state index in [1.165, 1.54) is 6.42 Å². The molecule has 0 spiro atoms. The molecule has 1 heterocycles. The lowest BCUT2D eigenvalue weighted by molar-refractivity contribution is 0.179. The van der Waals surface area contributed by atoms with Crippen molar-refractivity contribution in [3.05, 3.63) is 0 Å². The highest BCUT2D eigenvalue weighted by atomic mass is 32.2. The summed E-state index contributed by atoms with van der Waals surface area (Å²) < 4.78 is 24.2. The SMILES string of the molecule is CCS(=O)(=O)C1CSCCN1CCC1(N)CCC1. The minimum atomic E-state index is -2.96. The summed E-state index contributed by atoms with van der Waals surface area (Å²) in [5, 5.41) is -0.287. The molecule has 2 rings (SSSR count). The van der Waals surface area contributed by atoms with Gasteiger partial charge in [0.25, 0.3) is 0 Å². The van der Waals surface area contributed by atoms with Gasteiger partial charge >= 0.3 is 0 Å². The zero-order valence-electron chi connectivity index (χ0n) is 11.1. The summed E-state index contributed by atoms with van der Waals surface area (Å²) in [6, 6.07) is 0. The molecule has 4 nitrogen and oxygen atoms in total. The second-order valence-electron chi connectivity index (χ2n) is 5.48. The van der Waals surface area contributed by atoms with E-state index in [-0.39, 0.29) is 16.7 Å². The lowest BCUT2D eigenvalue weighted by atomic mass is 9.75. The number of hydrogen-bond acceptors (Lipinski definition) is 5. The van der Waals surface area contributed by atoms with E-state index in [1.807, 2.05) is 0 Å². The van der Waals surface area contributed by atoms with Gasteiger partial charge in [-0.25, -0.2) is 8.42 Å². The summed E-state index contributed by atoms with van der Waals surface area (Å²) in [6.07, 6.45) is 4.36. The van der Waals surface area contributed by atoms with Gasteiger partial charge in [0.2, 0.25) is 0 Å². The van der Waals surface area contributed by atoms with Crippen LogP contribution in [-0.4, -0.2) is 54.6 Å². The van der Waals surface area contributed by atoms with Crippen LogP contribution in [-0.2, 0) is 9.84 Å². The molecule has 1 aliphatic carbocycles. The van der Waals surface area contributed by atoms with Crippen LogP contribution < -0.4 is 5.73 Å². The molecule has 2 aliphatic rings. The molecule has 1 aliphatic heterocycles. The molecule has 1 unspecified atom stereocenters. The predicted molar refractivity (Wildman–Crippen MR) is 77.5 cm³/mol. The molecule has 0 bridgehead atoms. The van der Waals surface area contributed by atoms with Crippen LogP contribution in [0.15, 0.2) is 0 Å². The number of thioether (sulfide) groups is 1. The van der Waals surface area contributed by atoms with Gasteiger partial charge in [0.05, 0.1) is 0 Å². The van der Waals surface area contributed by atoms with Crippen LogP contribution >= 0.6 is 11.8 Å². The van der Waals surface area contributed by atoms with Gasteiger partial charge in [-0.1, -0.05) is 6.92 Å². The second-order valence-corrected chi connectivity index (χ2v) is 9.08. The van der Waals surface area contributed by atoms with Crippen molar-refractivity contribution in [2.24, 2.45) is 5.73 Å². The molecule has 2 fully saturated rings. The average molecular weight is 292 g/mol. The quantitative estimate of drug-likeness (QED) is 0.821. The van der Waals surface area contributed by atoms with E-state index in [4.69, 9.17) is 5.73 Å². The van der Waals surface area contributed by atoms with E-state index >= 15 is 0 Å². The van der Waals surface area contributed by atoms with Crippen LogP contribution in [0.2, 0.25) is 0 Å². The average Bonchev–Trinajstić information content (AvgIpc) is 2.34. The largest absolute Gasteiger partial charge is 0.325 e. The summed E-state index contributed by atoms with van der Waals surface area (Å²) in [4.78, 5) is 2.14. The highest BCUT2D eigenvalue weighted by Gasteiger charge is 2.36. The molecule has 0 aromatic rings. The number of rotatable bonds is 5. The Balaban J connectivity index is 1.95. The molecule has 0 amide bonds. The molecule has 106 valence electrons. The van der Waals surface area contributed by atoms with Gasteiger partial charge in [0.1, 0.15) is 5.37 Å². The van der Waals surface area contributed by atoms with Crippen molar-refractivity contribution in [2.75, 3.05) is 30.3 Å². The fraction of sp³-hybridized carbons (Fsp3) is 1.00. The van der Waals surface area contributed by atoms with Crippen LogP contribution in [0.3, 0.4) is 0 Å². The molecule has 1 atom stereocenters. The van der Waals surface area contributed by atoms with Gasteiger partial charge in [0.15, 0.2) is 9.84 Å². The topological polar surface area (TPSA) is 63.4 Å². The fourth-order valence-electron chi connectivity index (χ4n) is 2.64. The van der Waals surface area contributed by atoms with Gasteiger partial charge in [-0.15, -0.1) is 0 Å². The first-order valence-corrected chi connectivity index (χ1v) is 9.66. The summed E-state index contributed by atoms with van der Waals surface area (Å²) in [5.74, 6) is 1.99. The molecule has 6 heteroatoms. The van der Waals surface area contributed by atoms with Crippen molar-refractivity contribution in [3.8, 4) is 0 Å². The molecule has 1 saturated carbocycles. The highest BCUT2D eigenvalue weighted by molar-refractivity contribution is 8.01. The van der Waals surface area contributed by atoms with E-state index in [9.17, 15) is 8.42 Å². The molecule has 1 saturated heterocycles. The number of nitrogens with zero attached hydrogens (tertiary/aromatic N) is 1. The zero-order chi connectivity index (χ0) is 13.2. The maximum atomic E-state index is 12.1. The lowest BCUT2D eigenvalue weighted by Gasteiger charge is -2.42. The Morgan fingerprint density at radius 3 is 2.72 bits per heavy atom. The van der Waals surface area contributed by atoms with Crippen LogP contribution in [0.5, 0.6) is 0 Å². The van der Waals surface area contributed by atoms with Crippen molar-refractivity contribution in [3.63, 3.8) is 0 Å². The molecular formula is C12H24N2O2S2. The van der Waals surface area contributed by atoms with E-state index in [0.717, 1.165) is 38.1 Å². The Bertz CT molecular complexity index is 380. The molecular weight excluding hydrogens is 268 g/mol. The molecule has 0 aromatic heterocycles. The van der Waals surface area contributed by atoms with Crippen molar-refractivity contribution in [2.45, 2.75) is 43.5 Å². The third-order valence-electron chi connectivity index (χ3n) is 4.25. The summed E-state index contributed by atoms with van der Waals surface area (Å²) >= 11 is 1.75. The number of nitrogens with two attached hydrogens (primary N) is 1. The Hall–Kier alpha value is 0.220. The molecule has 0 radical (unpaired) electrons. The minimum absolute atomic E-state index is 0.00881. The van der Waals surface area contributed by atoms with Crippen molar-refractivity contribution >= 4 is 21.6 Å². The Morgan fingerprint density at radius 2 is 2.17 bits per heavy atom. The molecule has 0 aromatic carbocycles. The normalized spacial score (nSPS) is 28.9. The predicted octanol–water partition coefficient (Wildman–Crippen LogP) is 1.07. The maximum Gasteiger partial charge on any atom is 0.166 e. The highest BCUT2D eigenvalue weighted by Crippen LogP contribution is 2.33. The van der Waals surface area contributed by atoms with Gasteiger partial charge in [-0.3, -0.25) is 4.90 Å². The van der Waals surface area contributed by atoms with Crippen molar-refractivity contribution in [1.29, 1.82) is 0 Å². The van der Waals surface area contributed by atoms with E-state index in [1.54, 1.807) is 18.7 Å². The van der Waals surface area contributed by atoms with Crippen LogP contribution in [0.4, 0.5) is 0 Å². The maximum absolute atomic E-state index is 12.1. The van der Waals surface area contributed by atoms with Gasteiger partial charge in [-0.2, -0.15) is 11.8 Å². The summed E-state index contributed by atoms with van der Waals surface area (Å²) in [6.45, 7) is 3.45. The Kier molecular flexibility index (Phi) is 4.62. The minimum Gasteiger partial charge on any atom is -0.325 e.